The van der Waals surface area contributed by atoms with Gasteiger partial charge >= 0.3 is 0 Å². The molecule has 0 saturated carbocycles. The van der Waals surface area contributed by atoms with Crippen LogP contribution in [-0.4, -0.2) is 34.8 Å². The van der Waals surface area contributed by atoms with Crippen LogP contribution in [0.3, 0.4) is 0 Å². The number of rotatable bonds is 4. The lowest BCUT2D eigenvalue weighted by atomic mass is 9.75. The fraction of sp³-hybridized carbons (Fsp3) is 0.412. The van der Waals surface area contributed by atoms with Crippen molar-refractivity contribution in [2.75, 3.05) is 30.3 Å². The highest BCUT2D eigenvalue weighted by Crippen LogP contribution is 2.35. The number of nitrogens with two attached hydrogens (primary N) is 1. The summed E-state index contributed by atoms with van der Waals surface area (Å²) in [7, 11) is 0. The number of nitrogen functional groups attached to an aromatic ring is 1. The number of piperidine rings is 1. The van der Waals surface area contributed by atoms with Crippen LogP contribution >= 0.6 is 0 Å². The van der Waals surface area contributed by atoms with Crippen LogP contribution in [0, 0.1) is 11.2 Å². The molecule has 0 radical (unpaired) electrons. The summed E-state index contributed by atoms with van der Waals surface area (Å²) >= 11 is 0. The van der Waals surface area contributed by atoms with Crippen LogP contribution in [-0.2, 0) is 6.42 Å². The van der Waals surface area contributed by atoms with Crippen molar-refractivity contribution >= 4 is 11.8 Å². The van der Waals surface area contributed by atoms with Gasteiger partial charge in [-0.3, -0.25) is 0 Å². The lowest BCUT2D eigenvalue weighted by molar-refractivity contribution is 0.104. The van der Waals surface area contributed by atoms with Gasteiger partial charge in [-0.15, -0.1) is 0 Å². The molecule has 1 unspecified atom stereocenters. The Morgan fingerprint density at radius 1 is 1.30 bits per heavy atom. The van der Waals surface area contributed by atoms with Crippen molar-refractivity contribution in [3.8, 4) is 0 Å². The molecule has 1 aliphatic heterocycles. The van der Waals surface area contributed by atoms with Crippen LogP contribution in [0.2, 0.25) is 0 Å². The van der Waals surface area contributed by atoms with E-state index in [1.54, 1.807) is 24.4 Å². The summed E-state index contributed by atoms with van der Waals surface area (Å²) < 4.78 is 14.0. The van der Waals surface area contributed by atoms with Crippen LogP contribution in [0.1, 0.15) is 18.4 Å². The monoisotopic (exact) mass is 316 g/mol. The van der Waals surface area contributed by atoms with Gasteiger partial charge in [-0.05, 0) is 37.0 Å². The Kier molecular flexibility index (Phi) is 4.43. The number of aliphatic hydroxyl groups excluding tert-OH is 1. The van der Waals surface area contributed by atoms with E-state index in [9.17, 15) is 9.50 Å². The Morgan fingerprint density at radius 2 is 2.13 bits per heavy atom. The number of anilines is 2. The van der Waals surface area contributed by atoms with Gasteiger partial charge < -0.3 is 15.7 Å². The van der Waals surface area contributed by atoms with E-state index in [1.165, 1.54) is 6.07 Å². The second-order valence-corrected chi connectivity index (χ2v) is 6.23. The van der Waals surface area contributed by atoms with Gasteiger partial charge in [0.15, 0.2) is 0 Å². The molecule has 1 fully saturated rings. The normalized spacial score (nSPS) is 21.4. The highest BCUT2D eigenvalue weighted by Gasteiger charge is 2.36. The van der Waals surface area contributed by atoms with E-state index in [0.717, 1.165) is 19.4 Å². The summed E-state index contributed by atoms with van der Waals surface area (Å²) in [6.07, 6.45) is 3.86. The Bertz CT molecular complexity index is 681. The number of aromatic nitrogens is 2. The van der Waals surface area contributed by atoms with Crippen LogP contribution in [0.4, 0.5) is 16.2 Å². The quantitative estimate of drug-likeness (QED) is 0.902. The minimum absolute atomic E-state index is 0.000149. The molecule has 5 nitrogen and oxygen atoms in total. The zero-order chi connectivity index (χ0) is 16.3. The van der Waals surface area contributed by atoms with E-state index in [4.69, 9.17) is 5.73 Å². The van der Waals surface area contributed by atoms with Gasteiger partial charge in [-0.1, -0.05) is 18.2 Å². The molecule has 0 spiro atoms. The van der Waals surface area contributed by atoms with E-state index in [0.29, 0.717) is 30.3 Å². The number of benzene rings is 1. The molecule has 1 saturated heterocycles. The predicted molar refractivity (Wildman–Crippen MR) is 87.5 cm³/mol. The standard InChI is InChI=1S/C17H21FN4O/c18-14-5-2-1-4-13(14)10-17(12-23)7-3-9-22(11-17)16-20-8-6-15(19)21-16/h1-2,4-6,8,23H,3,7,9-12H2,(H2,19,20,21). The molecule has 122 valence electrons. The smallest absolute Gasteiger partial charge is 0.227 e. The third-order valence-corrected chi connectivity index (χ3v) is 4.47. The largest absolute Gasteiger partial charge is 0.396 e. The Balaban J connectivity index is 1.83. The van der Waals surface area contributed by atoms with Crippen LogP contribution in [0.25, 0.3) is 0 Å². The first-order chi connectivity index (χ1) is 11.1. The topological polar surface area (TPSA) is 75.3 Å². The molecule has 2 heterocycles. The molecule has 1 aliphatic rings. The summed E-state index contributed by atoms with van der Waals surface area (Å²) in [5.41, 5.74) is 5.97. The van der Waals surface area contributed by atoms with E-state index in [-0.39, 0.29) is 12.4 Å². The van der Waals surface area contributed by atoms with E-state index in [1.807, 2.05) is 11.0 Å². The molecule has 1 aromatic carbocycles. The van der Waals surface area contributed by atoms with Crippen LogP contribution in [0.15, 0.2) is 36.5 Å². The molecule has 1 atom stereocenters. The van der Waals surface area contributed by atoms with Crippen LogP contribution in [0.5, 0.6) is 0 Å². The van der Waals surface area contributed by atoms with Crippen molar-refractivity contribution < 1.29 is 9.50 Å². The minimum Gasteiger partial charge on any atom is -0.396 e. The lowest BCUT2D eigenvalue weighted by Gasteiger charge is -2.42. The maximum Gasteiger partial charge on any atom is 0.227 e. The molecule has 2 aromatic rings. The second kappa shape index (κ2) is 6.50. The summed E-state index contributed by atoms with van der Waals surface area (Å²) in [6, 6.07) is 8.39. The molecule has 1 aromatic heterocycles. The molecular formula is C17H21FN4O. The van der Waals surface area contributed by atoms with Gasteiger partial charge in [0.05, 0.1) is 6.61 Å². The molecule has 6 heteroatoms. The van der Waals surface area contributed by atoms with Gasteiger partial charge in [-0.25, -0.2) is 9.37 Å². The zero-order valence-corrected chi connectivity index (χ0v) is 13.0. The van der Waals surface area contributed by atoms with Crippen molar-refractivity contribution in [2.45, 2.75) is 19.3 Å². The first-order valence-corrected chi connectivity index (χ1v) is 7.80. The van der Waals surface area contributed by atoms with Gasteiger partial charge in [0.1, 0.15) is 11.6 Å². The average molecular weight is 316 g/mol. The van der Waals surface area contributed by atoms with Crippen LogP contribution < -0.4 is 10.6 Å². The SMILES string of the molecule is Nc1ccnc(N2CCCC(CO)(Cc3ccccc3F)C2)n1. The van der Waals surface area contributed by atoms with E-state index < -0.39 is 5.41 Å². The van der Waals surface area contributed by atoms with E-state index in [2.05, 4.69) is 9.97 Å². The molecular weight excluding hydrogens is 295 g/mol. The molecule has 3 rings (SSSR count). The molecule has 0 amide bonds. The summed E-state index contributed by atoms with van der Waals surface area (Å²) in [4.78, 5) is 10.5. The lowest BCUT2D eigenvalue weighted by Crippen LogP contribution is -2.47. The van der Waals surface area contributed by atoms with Crippen molar-refractivity contribution in [1.29, 1.82) is 0 Å². The number of nitrogens with zero attached hydrogens (tertiary/aromatic N) is 3. The minimum atomic E-state index is -0.394. The summed E-state index contributed by atoms with van der Waals surface area (Å²) in [6.45, 7) is 1.39. The summed E-state index contributed by atoms with van der Waals surface area (Å²) in [5, 5.41) is 10.00. The third-order valence-electron chi connectivity index (χ3n) is 4.47. The first-order valence-electron chi connectivity index (χ1n) is 7.80. The summed E-state index contributed by atoms with van der Waals surface area (Å²) in [5.74, 6) is 0.762. The van der Waals surface area contributed by atoms with Crippen molar-refractivity contribution in [1.82, 2.24) is 9.97 Å². The molecule has 3 N–H and O–H groups in total. The number of hydrogen-bond acceptors (Lipinski definition) is 5. The predicted octanol–water partition coefficient (Wildman–Crippen LogP) is 2.02. The zero-order valence-electron chi connectivity index (χ0n) is 13.0. The highest BCUT2D eigenvalue weighted by molar-refractivity contribution is 5.38. The Morgan fingerprint density at radius 3 is 2.87 bits per heavy atom. The van der Waals surface area contributed by atoms with Gasteiger partial charge in [0.25, 0.3) is 0 Å². The van der Waals surface area contributed by atoms with Gasteiger partial charge in [0, 0.05) is 24.7 Å². The van der Waals surface area contributed by atoms with Crippen molar-refractivity contribution in [3.63, 3.8) is 0 Å². The number of halogens is 1. The maximum atomic E-state index is 14.0. The Labute approximate surface area is 135 Å². The molecule has 0 bridgehead atoms. The first kappa shape index (κ1) is 15.7. The molecule has 0 aliphatic carbocycles. The highest BCUT2D eigenvalue weighted by atomic mass is 19.1. The number of aliphatic hydroxyl groups is 1. The van der Waals surface area contributed by atoms with Crippen molar-refractivity contribution in [3.05, 3.63) is 47.9 Å². The third kappa shape index (κ3) is 3.42. The van der Waals surface area contributed by atoms with Gasteiger partial charge in [-0.2, -0.15) is 4.98 Å². The molecule has 23 heavy (non-hydrogen) atoms. The van der Waals surface area contributed by atoms with Crippen molar-refractivity contribution in [2.24, 2.45) is 5.41 Å². The second-order valence-electron chi connectivity index (χ2n) is 6.23. The van der Waals surface area contributed by atoms with E-state index >= 15 is 0 Å². The maximum absolute atomic E-state index is 14.0. The fourth-order valence-electron chi connectivity index (χ4n) is 3.27. The number of hydrogen-bond donors (Lipinski definition) is 2. The fourth-order valence-corrected chi connectivity index (χ4v) is 3.27. The van der Waals surface area contributed by atoms with Gasteiger partial charge in [0.2, 0.25) is 5.95 Å². The Hall–Kier alpha value is -2.21. The average Bonchev–Trinajstić information content (AvgIpc) is 2.57.